The number of nitrogens with zero attached hydrogens (tertiary/aromatic N) is 1. The van der Waals surface area contributed by atoms with Crippen molar-refractivity contribution in [2.45, 2.75) is 39.1 Å². The van der Waals surface area contributed by atoms with Crippen molar-refractivity contribution in [1.29, 1.82) is 0 Å². The Balaban J connectivity index is 2.06. The van der Waals surface area contributed by atoms with Crippen LogP contribution in [0.2, 0.25) is 0 Å². The molecule has 136 valence electrons. The van der Waals surface area contributed by atoms with Crippen molar-refractivity contribution >= 4 is 15.9 Å². The minimum Gasteiger partial charge on any atom is -0.466 e. The number of benzene rings is 1. The molecule has 0 spiro atoms. The highest BCUT2D eigenvalue weighted by Gasteiger charge is 2.21. The van der Waals surface area contributed by atoms with E-state index >= 15 is 0 Å². The SMILES string of the molecule is CCN(CC)S(=O)(=O)c1ccc(CNC(=O)c2cc(C)oc2C)cc1. The number of amides is 1. The van der Waals surface area contributed by atoms with Crippen molar-refractivity contribution in [2.75, 3.05) is 13.1 Å². The zero-order chi connectivity index (χ0) is 18.6. The summed E-state index contributed by atoms with van der Waals surface area (Å²) in [6.45, 7) is 8.33. The zero-order valence-corrected chi connectivity index (χ0v) is 15.8. The van der Waals surface area contributed by atoms with E-state index in [0.29, 0.717) is 36.7 Å². The van der Waals surface area contributed by atoms with Gasteiger partial charge in [-0.3, -0.25) is 4.79 Å². The topological polar surface area (TPSA) is 79.6 Å². The van der Waals surface area contributed by atoms with Crippen LogP contribution in [-0.2, 0) is 16.6 Å². The third kappa shape index (κ3) is 4.29. The van der Waals surface area contributed by atoms with Gasteiger partial charge in [0.05, 0.1) is 10.5 Å². The molecule has 6 nitrogen and oxygen atoms in total. The predicted molar refractivity (Wildman–Crippen MR) is 95.9 cm³/mol. The minimum atomic E-state index is -3.46. The van der Waals surface area contributed by atoms with E-state index in [1.807, 2.05) is 13.8 Å². The van der Waals surface area contributed by atoms with Gasteiger partial charge in [-0.05, 0) is 37.6 Å². The molecule has 1 aromatic carbocycles. The van der Waals surface area contributed by atoms with E-state index in [-0.39, 0.29) is 10.8 Å². The van der Waals surface area contributed by atoms with Gasteiger partial charge in [0.2, 0.25) is 10.0 Å². The maximum atomic E-state index is 12.4. The second-order valence-corrected chi connectivity index (χ2v) is 7.68. The lowest BCUT2D eigenvalue weighted by atomic mass is 10.2. The smallest absolute Gasteiger partial charge is 0.255 e. The first-order valence-electron chi connectivity index (χ1n) is 8.23. The first-order chi connectivity index (χ1) is 11.8. The van der Waals surface area contributed by atoms with Gasteiger partial charge in [-0.25, -0.2) is 8.42 Å². The van der Waals surface area contributed by atoms with Crippen LogP contribution in [0.3, 0.4) is 0 Å². The standard InChI is InChI=1S/C18H24N2O4S/c1-5-20(6-2)25(22,23)16-9-7-15(8-10-16)12-19-18(21)17-11-13(3)24-14(17)4/h7-11H,5-6,12H2,1-4H3,(H,19,21). The molecule has 0 aliphatic rings. The van der Waals surface area contributed by atoms with Gasteiger partial charge in [0.1, 0.15) is 11.5 Å². The lowest BCUT2D eigenvalue weighted by Crippen LogP contribution is -2.30. The fourth-order valence-electron chi connectivity index (χ4n) is 2.63. The van der Waals surface area contributed by atoms with Crippen LogP contribution in [0, 0.1) is 13.8 Å². The molecule has 0 saturated carbocycles. The normalized spacial score (nSPS) is 11.7. The number of carbonyl (C=O) groups excluding carboxylic acids is 1. The molecule has 0 aliphatic heterocycles. The highest BCUT2D eigenvalue weighted by molar-refractivity contribution is 7.89. The Morgan fingerprint density at radius 3 is 2.20 bits per heavy atom. The van der Waals surface area contributed by atoms with Gasteiger partial charge in [-0.15, -0.1) is 0 Å². The predicted octanol–water partition coefficient (Wildman–Crippen LogP) is 2.86. The van der Waals surface area contributed by atoms with E-state index in [1.54, 1.807) is 44.2 Å². The van der Waals surface area contributed by atoms with Crippen molar-refractivity contribution in [2.24, 2.45) is 0 Å². The van der Waals surface area contributed by atoms with Crippen LogP contribution >= 0.6 is 0 Å². The van der Waals surface area contributed by atoms with Gasteiger partial charge in [-0.1, -0.05) is 26.0 Å². The monoisotopic (exact) mass is 364 g/mol. The molecule has 0 fully saturated rings. The highest BCUT2D eigenvalue weighted by Crippen LogP contribution is 2.17. The number of furan rings is 1. The van der Waals surface area contributed by atoms with E-state index in [9.17, 15) is 13.2 Å². The maximum Gasteiger partial charge on any atom is 0.255 e. The number of hydrogen-bond donors (Lipinski definition) is 1. The Morgan fingerprint density at radius 2 is 1.72 bits per heavy atom. The van der Waals surface area contributed by atoms with Gasteiger partial charge in [-0.2, -0.15) is 4.31 Å². The molecule has 1 amide bonds. The Hall–Kier alpha value is -2.12. The van der Waals surface area contributed by atoms with Crippen LogP contribution in [0.1, 0.15) is 41.3 Å². The van der Waals surface area contributed by atoms with Gasteiger partial charge in [0, 0.05) is 19.6 Å². The Bertz CT molecular complexity index is 834. The summed E-state index contributed by atoms with van der Waals surface area (Å²) < 4.78 is 31.6. The number of aryl methyl sites for hydroxylation is 2. The van der Waals surface area contributed by atoms with Crippen molar-refractivity contribution < 1.29 is 17.6 Å². The van der Waals surface area contributed by atoms with Crippen LogP contribution in [0.15, 0.2) is 39.6 Å². The third-order valence-corrected chi connectivity index (χ3v) is 6.07. The van der Waals surface area contributed by atoms with E-state index < -0.39 is 10.0 Å². The molecule has 0 unspecified atom stereocenters. The number of hydrogen-bond acceptors (Lipinski definition) is 4. The Labute approximate surface area is 148 Å². The van der Waals surface area contributed by atoms with Crippen LogP contribution in [0.4, 0.5) is 0 Å². The van der Waals surface area contributed by atoms with Gasteiger partial charge in [0.15, 0.2) is 0 Å². The fraction of sp³-hybridized carbons (Fsp3) is 0.389. The molecule has 0 bridgehead atoms. The Morgan fingerprint density at radius 1 is 1.12 bits per heavy atom. The summed E-state index contributed by atoms with van der Waals surface area (Å²) in [4.78, 5) is 12.4. The molecule has 25 heavy (non-hydrogen) atoms. The number of carbonyl (C=O) groups is 1. The van der Waals surface area contributed by atoms with E-state index in [2.05, 4.69) is 5.32 Å². The Kier molecular flexibility index (Phi) is 6.02. The fourth-order valence-corrected chi connectivity index (χ4v) is 4.08. The molecule has 1 heterocycles. The van der Waals surface area contributed by atoms with Gasteiger partial charge >= 0.3 is 0 Å². The first kappa shape index (κ1) is 19.2. The molecule has 1 N–H and O–H groups in total. The third-order valence-electron chi connectivity index (χ3n) is 4.01. The second kappa shape index (κ2) is 7.84. The minimum absolute atomic E-state index is 0.214. The molecular formula is C18H24N2O4S. The number of nitrogens with one attached hydrogen (secondary N) is 1. The molecule has 2 rings (SSSR count). The van der Waals surface area contributed by atoms with E-state index in [0.717, 1.165) is 5.56 Å². The van der Waals surface area contributed by atoms with Crippen molar-refractivity contribution in [3.63, 3.8) is 0 Å². The maximum absolute atomic E-state index is 12.4. The quantitative estimate of drug-likeness (QED) is 0.819. The summed E-state index contributed by atoms with van der Waals surface area (Å²) in [6, 6.07) is 8.27. The molecule has 0 saturated heterocycles. The summed E-state index contributed by atoms with van der Waals surface area (Å²) in [5.74, 6) is 1.05. The lowest BCUT2D eigenvalue weighted by molar-refractivity contribution is 0.0949. The molecular weight excluding hydrogens is 340 g/mol. The van der Waals surface area contributed by atoms with Crippen molar-refractivity contribution in [3.8, 4) is 0 Å². The largest absolute Gasteiger partial charge is 0.466 e. The summed E-state index contributed by atoms with van der Waals surface area (Å²) in [5, 5.41) is 2.81. The average molecular weight is 364 g/mol. The highest BCUT2D eigenvalue weighted by atomic mass is 32.2. The van der Waals surface area contributed by atoms with E-state index in [4.69, 9.17) is 4.42 Å². The summed E-state index contributed by atoms with van der Waals surface area (Å²) in [7, 11) is -3.46. The van der Waals surface area contributed by atoms with Crippen LogP contribution in [0.25, 0.3) is 0 Å². The summed E-state index contributed by atoms with van der Waals surface area (Å²) in [5.41, 5.74) is 1.34. The molecule has 0 aliphatic carbocycles. The number of sulfonamides is 1. The molecule has 1 aromatic heterocycles. The molecule has 2 aromatic rings. The molecule has 0 radical (unpaired) electrons. The average Bonchev–Trinajstić information content (AvgIpc) is 2.92. The zero-order valence-electron chi connectivity index (χ0n) is 15.0. The van der Waals surface area contributed by atoms with Crippen molar-refractivity contribution in [1.82, 2.24) is 9.62 Å². The molecule has 7 heteroatoms. The van der Waals surface area contributed by atoms with Gasteiger partial charge in [0.25, 0.3) is 5.91 Å². The number of rotatable bonds is 7. The van der Waals surface area contributed by atoms with Crippen LogP contribution < -0.4 is 5.32 Å². The van der Waals surface area contributed by atoms with Crippen LogP contribution in [0.5, 0.6) is 0 Å². The summed E-state index contributed by atoms with van der Waals surface area (Å²) >= 11 is 0. The first-order valence-corrected chi connectivity index (χ1v) is 9.67. The van der Waals surface area contributed by atoms with Crippen molar-refractivity contribution in [3.05, 3.63) is 53.0 Å². The summed E-state index contributed by atoms with van der Waals surface area (Å²) in [6.07, 6.45) is 0. The lowest BCUT2D eigenvalue weighted by Gasteiger charge is -2.18. The second-order valence-electron chi connectivity index (χ2n) is 5.74. The van der Waals surface area contributed by atoms with E-state index in [1.165, 1.54) is 4.31 Å². The van der Waals surface area contributed by atoms with Crippen LogP contribution in [-0.4, -0.2) is 31.7 Å². The molecule has 0 atom stereocenters. The van der Waals surface area contributed by atoms with Gasteiger partial charge < -0.3 is 9.73 Å².